The number of nitrogens with one attached hydrogen (secondary N) is 1. The molecule has 1 amide bonds. The fourth-order valence-corrected chi connectivity index (χ4v) is 3.85. The Hall–Kier alpha value is -1.42. The number of hydrogen-bond acceptors (Lipinski definition) is 7. The molecule has 2 heterocycles. The van der Waals surface area contributed by atoms with Crippen molar-refractivity contribution in [3.05, 3.63) is 0 Å². The van der Waals surface area contributed by atoms with E-state index in [0.29, 0.717) is 0 Å². The quantitative estimate of drug-likeness (QED) is 0.645. The molecule has 1 unspecified atom stereocenters. The second-order valence-corrected chi connectivity index (χ2v) is 7.55. The molecule has 2 fully saturated rings. The molecule has 0 aromatic carbocycles. The maximum absolute atomic E-state index is 11.8. The van der Waals surface area contributed by atoms with Crippen molar-refractivity contribution in [1.82, 2.24) is 10.2 Å². The van der Waals surface area contributed by atoms with Crippen molar-refractivity contribution in [1.29, 1.82) is 0 Å². The number of carboxylic acids is 1. The lowest BCUT2D eigenvalue weighted by Crippen LogP contribution is -2.57. The zero-order valence-corrected chi connectivity index (χ0v) is 16.0. The van der Waals surface area contributed by atoms with E-state index >= 15 is 0 Å². The summed E-state index contributed by atoms with van der Waals surface area (Å²) in [6.45, 7) is 7.59. The van der Waals surface area contributed by atoms with Crippen molar-refractivity contribution in [3.63, 3.8) is 0 Å². The van der Waals surface area contributed by atoms with Gasteiger partial charge in [0, 0.05) is 6.42 Å². The number of ether oxygens (including phenoxy) is 3. The lowest BCUT2D eigenvalue weighted by molar-refractivity contribution is -0.305. The van der Waals surface area contributed by atoms with Crippen LogP contribution >= 0.6 is 0 Å². The average Bonchev–Trinajstić information content (AvgIpc) is 2.89. The van der Waals surface area contributed by atoms with Gasteiger partial charge in [-0.15, -0.1) is 0 Å². The minimum absolute atomic E-state index is 0.0700. The van der Waals surface area contributed by atoms with E-state index in [1.54, 1.807) is 0 Å². The summed E-state index contributed by atoms with van der Waals surface area (Å²) in [6, 6.07) is -1.69. The van der Waals surface area contributed by atoms with E-state index in [1.165, 1.54) is 12.0 Å². The van der Waals surface area contributed by atoms with E-state index in [0.717, 1.165) is 6.42 Å². The first-order valence-electron chi connectivity index (χ1n) is 8.95. The predicted octanol–water partition coefficient (Wildman–Crippen LogP) is 0.754. The Morgan fingerprint density at radius 2 is 1.85 bits per heavy atom. The topological polar surface area (TPSA) is 118 Å². The summed E-state index contributed by atoms with van der Waals surface area (Å²) in [4.78, 5) is 24.8. The predicted molar refractivity (Wildman–Crippen MR) is 91.4 cm³/mol. The fraction of sp³-hybridized carbons (Fsp3) is 0.882. The molecule has 2 aliphatic heterocycles. The number of likely N-dealkylation sites (tertiary alicyclic amines) is 1. The van der Waals surface area contributed by atoms with Crippen molar-refractivity contribution < 1.29 is 34.0 Å². The fourth-order valence-electron chi connectivity index (χ4n) is 3.85. The Labute approximate surface area is 153 Å². The van der Waals surface area contributed by atoms with Crippen LogP contribution in [0.4, 0.5) is 4.79 Å². The monoisotopic (exact) mass is 374 g/mol. The Kier molecular flexibility index (Phi) is 6.49. The van der Waals surface area contributed by atoms with Crippen LogP contribution in [0.1, 0.15) is 40.5 Å². The van der Waals surface area contributed by atoms with Crippen LogP contribution in [0.25, 0.3) is 0 Å². The van der Waals surface area contributed by atoms with Gasteiger partial charge in [-0.25, -0.2) is 4.79 Å². The molecular formula is C17H30N2O7. The average molecular weight is 374 g/mol. The van der Waals surface area contributed by atoms with Crippen molar-refractivity contribution in [3.8, 4) is 0 Å². The van der Waals surface area contributed by atoms with Gasteiger partial charge in [-0.1, -0.05) is 13.8 Å². The van der Waals surface area contributed by atoms with E-state index in [2.05, 4.69) is 10.1 Å². The van der Waals surface area contributed by atoms with E-state index in [-0.39, 0.29) is 31.1 Å². The molecule has 5 atom stereocenters. The Morgan fingerprint density at radius 1 is 1.27 bits per heavy atom. The molecule has 3 N–H and O–H groups in total. The SMILES string of the molecule is COC(=O)N[C@@H](C(C)C)C(O)N1CC2(C[C@H]1C(=O)O)O[C@H](C)C[C@@H](C)O2. The summed E-state index contributed by atoms with van der Waals surface area (Å²) in [5.74, 6) is -2.30. The number of aliphatic carboxylic acids is 1. The highest BCUT2D eigenvalue weighted by Crippen LogP contribution is 2.39. The van der Waals surface area contributed by atoms with Crippen molar-refractivity contribution in [2.75, 3.05) is 13.7 Å². The largest absolute Gasteiger partial charge is 0.480 e. The highest BCUT2D eigenvalue weighted by Gasteiger charge is 2.55. The Balaban J connectivity index is 2.24. The molecule has 2 aliphatic rings. The smallest absolute Gasteiger partial charge is 0.407 e. The molecule has 26 heavy (non-hydrogen) atoms. The van der Waals surface area contributed by atoms with Crippen LogP contribution in [0.15, 0.2) is 0 Å². The molecule has 2 rings (SSSR count). The van der Waals surface area contributed by atoms with E-state index in [1.807, 2.05) is 27.7 Å². The van der Waals surface area contributed by atoms with Gasteiger partial charge in [0.05, 0.1) is 31.9 Å². The van der Waals surface area contributed by atoms with Gasteiger partial charge in [-0.3, -0.25) is 9.69 Å². The van der Waals surface area contributed by atoms with Crippen LogP contribution in [-0.4, -0.2) is 77.1 Å². The van der Waals surface area contributed by atoms with E-state index in [4.69, 9.17) is 9.47 Å². The highest BCUT2D eigenvalue weighted by atomic mass is 16.7. The van der Waals surface area contributed by atoms with Crippen LogP contribution in [0, 0.1) is 5.92 Å². The molecule has 1 spiro atoms. The molecule has 0 saturated carbocycles. The summed E-state index contributed by atoms with van der Waals surface area (Å²) in [5.41, 5.74) is 0. The lowest BCUT2D eigenvalue weighted by atomic mass is 10.0. The van der Waals surface area contributed by atoms with Crippen LogP contribution in [-0.2, 0) is 19.0 Å². The van der Waals surface area contributed by atoms with Crippen LogP contribution in [0.2, 0.25) is 0 Å². The molecule has 9 nitrogen and oxygen atoms in total. The van der Waals surface area contributed by atoms with Gasteiger partial charge < -0.3 is 29.7 Å². The van der Waals surface area contributed by atoms with Crippen LogP contribution in [0.5, 0.6) is 0 Å². The maximum atomic E-state index is 11.8. The van der Waals surface area contributed by atoms with Gasteiger partial charge in [0.15, 0.2) is 5.79 Å². The number of rotatable bonds is 5. The van der Waals surface area contributed by atoms with Crippen molar-refractivity contribution in [2.45, 2.75) is 76.8 Å². The molecule has 0 aliphatic carbocycles. The third-order valence-electron chi connectivity index (χ3n) is 4.96. The molecule has 150 valence electrons. The van der Waals surface area contributed by atoms with Gasteiger partial charge in [-0.2, -0.15) is 0 Å². The summed E-state index contributed by atoms with van der Waals surface area (Å²) in [7, 11) is 1.23. The number of carboxylic acid groups (broad SMARTS) is 1. The number of carbonyl (C=O) groups is 2. The van der Waals surface area contributed by atoms with Gasteiger partial charge in [0.2, 0.25) is 0 Å². The summed E-state index contributed by atoms with van der Waals surface area (Å²) < 4.78 is 16.5. The summed E-state index contributed by atoms with van der Waals surface area (Å²) >= 11 is 0. The molecular weight excluding hydrogens is 344 g/mol. The number of hydrogen-bond donors (Lipinski definition) is 3. The number of alkyl carbamates (subject to hydrolysis) is 1. The minimum Gasteiger partial charge on any atom is -0.480 e. The molecule has 0 bridgehead atoms. The van der Waals surface area contributed by atoms with Gasteiger partial charge in [0.25, 0.3) is 0 Å². The van der Waals surface area contributed by atoms with Crippen molar-refractivity contribution in [2.24, 2.45) is 5.92 Å². The number of nitrogens with zero attached hydrogens (tertiary/aromatic N) is 1. The van der Waals surface area contributed by atoms with Gasteiger partial charge in [0.1, 0.15) is 12.3 Å². The second kappa shape index (κ2) is 8.08. The van der Waals surface area contributed by atoms with Gasteiger partial charge in [-0.05, 0) is 26.2 Å². The van der Waals surface area contributed by atoms with Crippen LogP contribution in [0.3, 0.4) is 0 Å². The third-order valence-corrected chi connectivity index (χ3v) is 4.96. The molecule has 0 aromatic heterocycles. The van der Waals surface area contributed by atoms with Gasteiger partial charge >= 0.3 is 12.1 Å². The molecule has 0 aromatic rings. The zero-order chi connectivity index (χ0) is 19.6. The van der Waals surface area contributed by atoms with E-state index in [9.17, 15) is 19.8 Å². The first kappa shape index (κ1) is 20.9. The Bertz CT molecular complexity index is 517. The molecule has 2 saturated heterocycles. The molecule has 9 heteroatoms. The summed E-state index contributed by atoms with van der Waals surface area (Å²) in [5, 5.41) is 23.1. The summed E-state index contributed by atoms with van der Waals surface area (Å²) in [6.07, 6.45) is -1.22. The standard InChI is InChI=1S/C17H30N2O7/c1-9(2)13(18-16(23)24-5)14(20)19-8-17(7-12(19)15(21)22)25-10(3)6-11(4)26-17/h9-14,20H,6-8H2,1-5H3,(H,18,23)(H,21,22)/t10-,11-,12+,13+,14?/m1/s1. The number of carbonyl (C=O) groups excluding carboxylic acids is 1. The zero-order valence-electron chi connectivity index (χ0n) is 16.0. The van der Waals surface area contributed by atoms with Crippen LogP contribution < -0.4 is 5.32 Å². The minimum atomic E-state index is -1.23. The first-order valence-corrected chi connectivity index (χ1v) is 8.95. The number of aliphatic hydroxyl groups is 1. The second-order valence-electron chi connectivity index (χ2n) is 7.55. The number of methoxy groups -OCH3 is 1. The Morgan fingerprint density at radius 3 is 2.31 bits per heavy atom. The number of amides is 1. The first-order chi connectivity index (χ1) is 12.1. The highest BCUT2D eigenvalue weighted by molar-refractivity contribution is 5.74. The maximum Gasteiger partial charge on any atom is 0.407 e. The van der Waals surface area contributed by atoms with E-state index < -0.39 is 36.2 Å². The number of aliphatic hydroxyl groups excluding tert-OH is 1. The van der Waals surface area contributed by atoms with Crippen molar-refractivity contribution >= 4 is 12.1 Å². The normalized spacial score (nSPS) is 34.7. The molecule has 0 radical (unpaired) electrons. The third kappa shape index (κ3) is 4.46. The lowest BCUT2D eigenvalue weighted by Gasteiger charge is -2.41.